The van der Waals surface area contributed by atoms with Gasteiger partial charge in [-0.25, -0.2) is 0 Å². The van der Waals surface area contributed by atoms with Crippen LogP contribution in [0.3, 0.4) is 0 Å². The monoisotopic (exact) mass is 227 g/mol. The third-order valence-electron chi connectivity index (χ3n) is 2.95. The lowest BCUT2D eigenvalue weighted by Gasteiger charge is -2.18. The van der Waals surface area contributed by atoms with E-state index in [-0.39, 0.29) is 11.7 Å². The van der Waals surface area contributed by atoms with Crippen molar-refractivity contribution in [2.75, 3.05) is 20.3 Å². The van der Waals surface area contributed by atoms with Crippen LogP contribution in [0.1, 0.15) is 39.5 Å². The Labute approximate surface area is 99.0 Å². The van der Waals surface area contributed by atoms with Crippen molar-refractivity contribution in [2.24, 2.45) is 5.73 Å². The second-order valence-electron chi connectivity index (χ2n) is 5.10. The molecule has 1 aliphatic heterocycles. The van der Waals surface area contributed by atoms with Gasteiger partial charge in [0, 0.05) is 7.11 Å². The van der Waals surface area contributed by atoms with E-state index in [2.05, 4.69) is 19.9 Å². The molecule has 94 valence electrons. The van der Waals surface area contributed by atoms with Gasteiger partial charge in [0.2, 0.25) is 0 Å². The molecule has 0 spiro atoms. The van der Waals surface area contributed by atoms with Gasteiger partial charge in [-0.2, -0.15) is 0 Å². The van der Waals surface area contributed by atoms with E-state index >= 15 is 0 Å². The van der Waals surface area contributed by atoms with Crippen LogP contribution in [0.15, 0.2) is 11.6 Å². The van der Waals surface area contributed by atoms with Crippen molar-refractivity contribution in [1.82, 2.24) is 0 Å². The number of methoxy groups -OCH3 is 1. The third kappa shape index (κ3) is 4.64. The Morgan fingerprint density at radius 3 is 2.81 bits per heavy atom. The molecule has 3 nitrogen and oxygen atoms in total. The molecular weight excluding hydrogens is 202 g/mol. The van der Waals surface area contributed by atoms with Crippen molar-refractivity contribution in [1.29, 1.82) is 0 Å². The van der Waals surface area contributed by atoms with Gasteiger partial charge in [-0.3, -0.25) is 0 Å². The molecule has 0 amide bonds. The lowest BCUT2D eigenvalue weighted by atomic mass is 10.0. The molecule has 1 fully saturated rings. The topological polar surface area (TPSA) is 44.5 Å². The third-order valence-corrected chi connectivity index (χ3v) is 2.95. The van der Waals surface area contributed by atoms with E-state index in [0.29, 0.717) is 6.61 Å². The minimum atomic E-state index is 0.0349. The molecule has 16 heavy (non-hydrogen) atoms. The average molecular weight is 227 g/mol. The highest BCUT2D eigenvalue weighted by molar-refractivity contribution is 5.08. The van der Waals surface area contributed by atoms with Gasteiger partial charge < -0.3 is 15.2 Å². The van der Waals surface area contributed by atoms with Gasteiger partial charge in [0.15, 0.2) is 0 Å². The molecule has 0 aliphatic carbocycles. The smallest absolute Gasteiger partial charge is 0.0767 e. The number of hydrogen-bond donors (Lipinski definition) is 1. The van der Waals surface area contributed by atoms with Crippen LogP contribution in [0.4, 0.5) is 0 Å². The minimum absolute atomic E-state index is 0.0349. The quantitative estimate of drug-likeness (QED) is 0.708. The molecule has 1 atom stereocenters. The maximum Gasteiger partial charge on any atom is 0.0767 e. The minimum Gasteiger partial charge on any atom is -0.380 e. The summed E-state index contributed by atoms with van der Waals surface area (Å²) in [6, 6.07) is 0. The van der Waals surface area contributed by atoms with Crippen molar-refractivity contribution in [2.45, 2.75) is 51.2 Å². The molecule has 0 aromatic heterocycles. The fourth-order valence-corrected chi connectivity index (χ4v) is 2.12. The maximum atomic E-state index is 5.94. The van der Waals surface area contributed by atoms with Crippen LogP contribution in [0.5, 0.6) is 0 Å². The predicted octanol–water partition coefficient (Wildman–Crippen LogP) is 2.26. The normalized spacial score (nSPS) is 25.0. The van der Waals surface area contributed by atoms with Gasteiger partial charge in [0.1, 0.15) is 0 Å². The molecule has 1 aliphatic rings. The van der Waals surface area contributed by atoms with Gasteiger partial charge in [0.05, 0.1) is 18.3 Å². The molecule has 0 bridgehead atoms. The van der Waals surface area contributed by atoms with Crippen LogP contribution in [-0.2, 0) is 9.47 Å². The van der Waals surface area contributed by atoms with Crippen molar-refractivity contribution in [3.63, 3.8) is 0 Å². The second kappa shape index (κ2) is 6.38. The Kier molecular flexibility index (Phi) is 5.46. The van der Waals surface area contributed by atoms with E-state index in [9.17, 15) is 0 Å². The first-order valence-electron chi connectivity index (χ1n) is 6.14. The van der Waals surface area contributed by atoms with E-state index in [1.165, 1.54) is 5.57 Å². The van der Waals surface area contributed by atoms with E-state index in [0.717, 1.165) is 32.2 Å². The Balaban J connectivity index is 2.49. The van der Waals surface area contributed by atoms with Gasteiger partial charge in [-0.05, 0) is 51.6 Å². The average Bonchev–Trinajstić information content (AvgIpc) is 2.55. The summed E-state index contributed by atoms with van der Waals surface area (Å²) in [6.45, 7) is 5.73. The van der Waals surface area contributed by atoms with Crippen LogP contribution in [-0.4, -0.2) is 32.0 Å². The first-order valence-corrected chi connectivity index (χ1v) is 6.14. The SMILES string of the molecule is COCC(=CC1CCC(C)(C)O1)CCCN. The van der Waals surface area contributed by atoms with Gasteiger partial charge in [0.25, 0.3) is 0 Å². The molecule has 0 aromatic carbocycles. The Morgan fingerprint density at radius 1 is 1.56 bits per heavy atom. The van der Waals surface area contributed by atoms with E-state index in [4.69, 9.17) is 15.2 Å². The Morgan fingerprint density at radius 2 is 2.31 bits per heavy atom. The summed E-state index contributed by atoms with van der Waals surface area (Å²) < 4.78 is 11.1. The number of hydrogen-bond acceptors (Lipinski definition) is 3. The molecule has 0 radical (unpaired) electrons. The summed E-state index contributed by atoms with van der Waals surface area (Å²) in [5.74, 6) is 0. The van der Waals surface area contributed by atoms with Gasteiger partial charge >= 0.3 is 0 Å². The highest BCUT2D eigenvalue weighted by Gasteiger charge is 2.30. The summed E-state index contributed by atoms with van der Waals surface area (Å²) in [4.78, 5) is 0. The summed E-state index contributed by atoms with van der Waals surface area (Å²) in [6.07, 6.45) is 6.77. The zero-order chi connectivity index (χ0) is 12.0. The highest BCUT2D eigenvalue weighted by Crippen LogP contribution is 2.30. The van der Waals surface area contributed by atoms with Crippen molar-refractivity contribution >= 4 is 0 Å². The predicted molar refractivity (Wildman–Crippen MR) is 66.4 cm³/mol. The molecule has 3 heteroatoms. The molecule has 0 saturated carbocycles. The van der Waals surface area contributed by atoms with Crippen molar-refractivity contribution < 1.29 is 9.47 Å². The van der Waals surface area contributed by atoms with E-state index < -0.39 is 0 Å². The lowest BCUT2D eigenvalue weighted by Crippen LogP contribution is -2.19. The van der Waals surface area contributed by atoms with Crippen LogP contribution >= 0.6 is 0 Å². The van der Waals surface area contributed by atoms with Crippen LogP contribution in [0.25, 0.3) is 0 Å². The van der Waals surface area contributed by atoms with Crippen molar-refractivity contribution in [3.8, 4) is 0 Å². The number of rotatable bonds is 6. The standard InChI is InChI=1S/C13H25NO2/c1-13(2)7-6-12(16-13)9-11(10-15-3)5-4-8-14/h9,12H,4-8,10,14H2,1-3H3. The number of nitrogens with two attached hydrogens (primary N) is 1. The summed E-state index contributed by atoms with van der Waals surface area (Å²) in [5.41, 5.74) is 6.88. The molecule has 1 heterocycles. The lowest BCUT2D eigenvalue weighted by molar-refractivity contribution is 0.00456. The van der Waals surface area contributed by atoms with Crippen LogP contribution in [0.2, 0.25) is 0 Å². The fourth-order valence-electron chi connectivity index (χ4n) is 2.12. The molecule has 2 N–H and O–H groups in total. The van der Waals surface area contributed by atoms with E-state index in [1.807, 2.05) is 0 Å². The Hall–Kier alpha value is -0.380. The largest absolute Gasteiger partial charge is 0.380 e. The van der Waals surface area contributed by atoms with E-state index in [1.54, 1.807) is 7.11 Å². The zero-order valence-electron chi connectivity index (χ0n) is 10.8. The zero-order valence-corrected chi connectivity index (χ0v) is 10.8. The summed E-state index contributed by atoms with van der Waals surface area (Å²) in [7, 11) is 1.73. The second-order valence-corrected chi connectivity index (χ2v) is 5.10. The molecular formula is C13H25NO2. The number of ether oxygens (including phenoxy) is 2. The first-order chi connectivity index (χ1) is 7.57. The van der Waals surface area contributed by atoms with Crippen LogP contribution < -0.4 is 5.73 Å². The fraction of sp³-hybridized carbons (Fsp3) is 0.846. The summed E-state index contributed by atoms with van der Waals surface area (Å²) >= 11 is 0. The maximum absolute atomic E-state index is 5.94. The first kappa shape index (κ1) is 13.7. The van der Waals surface area contributed by atoms with Crippen molar-refractivity contribution in [3.05, 3.63) is 11.6 Å². The van der Waals surface area contributed by atoms with Gasteiger partial charge in [-0.15, -0.1) is 0 Å². The summed E-state index contributed by atoms with van der Waals surface area (Å²) in [5, 5.41) is 0. The molecule has 1 unspecified atom stereocenters. The van der Waals surface area contributed by atoms with Gasteiger partial charge in [-0.1, -0.05) is 6.08 Å². The molecule has 1 saturated heterocycles. The Bertz CT molecular complexity index is 236. The molecule has 0 aromatic rings. The van der Waals surface area contributed by atoms with Crippen LogP contribution in [0, 0.1) is 0 Å². The highest BCUT2D eigenvalue weighted by atomic mass is 16.5. The molecule has 1 rings (SSSR count).